The molecule has 0 heterocycles. The smallest absolute Gasteiger partial charge is 0.317 e. The molecule has 5 heteroatoms. The molecule has 5 nitrogen and oxygen atoms in total. The molecule has 1 unspecified atom stereocenters. The van der Waals surface area contributed by atoms with Crippen LogP contribution in [0.15, 0.2) is 0 Å². The molecule has 0 radical (unpaired) electrons. The lowest BCUT2D eigenvalue weighted by Gasteiger charge is -2.30. The van der Waals surface area contributed by atoms with E-state index in [2.05, 4.69) is 12.2 Å². The van der Waals surface area contributed by atoms with Gasteiger partial charge in [-0.1, -0.05) is 19.8 Å². The lowest BCUT2D eigenvalue weighted by Crippen LogP contribution is -2.47. The molecule has 1 rings (SSSR count). The molecule has 0 aromatic carbocycles. The molecule has 116 valence electrons. The van der Waals surface area contributed by atoms with E-state index in [0.29, 0.717) is 19.0 Å². The number of hydrogen-bond donors (Lipinski definition) is 2. The van der Waals surface area contributed by atoms with Crippen molar-refractivity contribution in [3.05, 3.63) is 0 Å². The van der Waals surface area contributed by atoms with E-state index in [1.165, 1.54) is 25.7 Å². The van der Waals surface area contributed by atoms with E-state index in [0.717, 1.165) is 5.92 Å². The molecule has 0 aromatic rings. The normalized spacial score (nSPS) is 23.9. The summed E-state index contributed by atoms with van der Waals surface area (Å²) in [6.07, 6.45) is 4.83. The number of carboxylic acid groups (broad SMARTS) is 1. The van der Waals surface area contributed by atoms with Crippen molar-refractivity contribution in [3.8, 4) is 0 Å². The van der Waals surface area contributed by atoms with Crippen molar-refractivity contribution in [1.82, 2.24) is 10.2 Å². The van der Waals surface area contributed by atoms with Crippen molar-refractivity contribution < 1.29 is 14.7 Å². The maximum Gasteiger partial charge on any atom is 0.317 e. The van der Waals surface area contributed by atoms with Crippen LogP contribution in [0.2, 0.25) is 0 Å². The number of rotatable bonds is 6. The fourth-order valence-corrected chi connectivity index (χ4v) is 2.88. The summed E-state index contributed by atoms with van der Waals surface area (Å²) in [5.74, 6) is 0.512. The van der Waals surface area contributed by atoms with Gasteiger partial charge >= 0.3 is 12.0 Å². The van der Waals surface area contributed by atoms with E-state index in [-0.39, 0.29) is 18.5 Å². The number of carboxylic acids is 1. The second-order valence-corrected chi connectivity index (χ2v) is 6.04. The number of nitrogens with one attached hydrogen (secondary N) is 1. The number of carbonyl (C=O) groups excluding carboxylic acids is 1. The third-order valence-corrected chi connectivity index (χ3v) is 4.28. The van der Waals surface area contributed by atoms with E-state index in [1.807, 2.05) is 6.92 Å². The Labute approximate surface area is 121 Å². The van der Waals surface area contributed by atoms with Crippen molar-refractivity contribution >= 4 is 12.0 Å². The van der Waals surface area contributed by atoms with Gasteiger partial charge in [-0.15, -0.1) is 0 Å². The summed E-state index contributed by atoms with van der Waals surface area (Å²) in [5, 5.41) is 11.8. The Hall–Kier alpha value is -1.26. The molecule has 0 aliphatic heterocycles. The van der Waals surface area contributed by atoms with Gasteiger partial charge in [0.05, 0.1) is 6.42 Å². The van der Waals surface area contributed by atoms with Crippen LogP contribution in [-0.4, -0.2) is 41.1 Å². The Balaban J connectivity index is 2.37. The van der Waals surface area contributed by atoms with Crippen LogP contribution in [-0.2, 0) is 4.79 Å². The summed E-state index contributed by atoms with van der Waals surface area (Å²) in [4.78, 5) is 24.5. The molecule has 20 heavy (non-hydrogen) atoms. The van der Waals surface area contributed by atoms with E-state index in [4.69, 9.17) is 5.11 Å². The Kier molecular flexibility index (Phi) is 6.82. The van der Waals surface area contributed by atoms with Crippen LogP contribution in [0.1, 0.15) is 52.9 Å². The molecule has 0 bridgehead atoms. The Morgan fingerprint density at radius 1 is 1.30 bits per heavy atom. The SMILES string of the molecule is CCN(C(=O)NCC1CCC(C)CC1)C(C)CC(=O)O. The maximum absolute atomic E-state index is 12.1. The molecule has 0 saturated heterocycles. The van der Waals surface area contributed by atoms with E-state index in [9.17, 15) is 9.59 Å². The van der Waals surface area contributed by atoms with Gasteiger partial charge in [0.1, 0.15) is 0 Å². The molecule has 2 amide bonds. The van der Waals surface area contributed by atoms with Gasteiger partial charge < -0.3 is 15.3 Å². The highest BCUT2D eigenvalue weighted by Crippen LogP contribution is 2.27. The minimum Gasteiger partial charge on any atom is -0.481 e. The first-order chi connectivity index (χ1) is 9.43. The standard InChI is InChI=1S/C15H28N2O3/c1-4-17(12(3)9-14(18)19)15(20)16-10-13-7-5-11(2)6-8-13/h11-13H,4-10H2,1-3H3,(H,16,20)(H,18,19). The molecule has 1 atom stereocenters. The van der Waals surface area contributed by atoms with Crippen LogP contribution in [0.3, 0.4) is 0 Å². The van der Waals surface area contributed by atoms with Crippen LogP contribution in [0.25, 0.3) is 0 Å². The topological polar surface area (TPSA) is 69.6 Å². The maximum atomic E-state index is 12.1. The first kappa shape index (κ1) is 16.8. The number of carbonyl (C=O) groups is 2. The van der Waals surface area contributed by atoms with Gasteiger partial charge in [-0.05, 0) is 38.5 Å². The molecule has 0 spiro atoms. The molecular formula is C15H28N2O3. The molecule has 1 aliphatic carbocycles. The van der Waals surface area contributed by atoms with Gasteiger partial charge in [0.15, 0.2) is 0 Å². The largest absolute Gasteiger partial charge is 0.481 e. The first-order valence-corrected chi connectivity index (χ1v) is 7.70. The summed E-state index contributed by atoms with van der Waals surface area (Å²) < 4.78 is 0. The van der Waals surface area contributed by atoms with Crippen molar-refractivity contribution in [2.75, 3.05) is 13.1 Å². The lowest BCUT2D eigenvalue weighted by atomic mass is 9.83. The summed E-state index contributed by atoms with van der Waals surface area (Å²) in [6, 6.07) is -0.413. The Bertz CT molecular complexity index is 325. The van der Waals surface area contributed by atoms with Crippen LogP contribution < -0.4 is 5.32 Å². The molecule has 1 aliphatic rings. The fourth-order valence-electron chi connectivity index (χ4n) is 2.88. The molecular weight excluding hydrogens is 256 g/mol. The second-order valence-electron chi connectivity index (χ2n) is 6.04. The summed E-state index contributed by atoms with van der Waals surface area (Å²) >= 11 is 0. The van der Waals surface area contributed by atoms with E-state index in [1.54, 1.807) is 11.8 Å². The molecule has 0 aromatic heterocycles. The van der Waals surface area contributed by atoms with E-state index >= 15 is 0 Å². The summed E-state index contributed by atoms with van der Waals surface area (Å²) in [6.45, 7) is 7.17. The second kappa shape index (κ2) is 8.12. The van der Waals surface area contributed by atoms with Gasteiger partial charge in [-0.25, -0.2) is 4.79 Å². The highest BCUT2D eigenvalue weighted by molar-refractivity contribution is 5.75. The third-order valence-electron chi connectivity index (χ3n) is 4.28. The van der Waals surface area contributed by atoms with Gasteiger partial charge in [0, 0.05) is 19.1 Å². The van der Waals surface area contributed by atoms with Crippen LogP contribution in [0.4, 0.5) is 4.79 Å². The Morgan fingerprint density at radius 3 is 2.40 bits per heavy atom. The van der Waals surface area contributed by atoms with E-state index < -0.39 is 5.97 Å². The highest BCUT2D eigenvalue weighted by atomic mass is 16.4. The summed E-state index contributed by atoms with van der Waals surface area (Å²) in [7, 11) is 0. The first-order valence-electron chi connectivity index (χ1n) is 7.70. The minimum atomic E-state index is -0.870. The summed E-state index contributed by atoms with van der Waals surface area (Å²) in [5.41, 5.74) is 0. The van der Waals surface area contributed by atoms with Gasteiger partial charge in [0.2, 0.25) is 0 Å². The monoisotopic (exact) mass is 284 g/mol. The van der Waals surface area contributed by atoms with Crippen LogP contribution in [0, 0.1) is 11.8 Å². The van der Waals surface area contributed by atoms with Crippen molar-refractivity contribution in [2.24, 2.45) is 11.8 Å². The highest BCUT2D eigenvalue weighted by Gasteiger charge is 2.23. The Morgan fingerprint density at radius 2 is 1.90 bits per heavy atom. The predicted octanol–water partition coefficient (Wildman–Crippen LogP) is 2.71. The van der Waals surface area contributed by atoms with Crippen molar-refractivity contribution in [1.29, 1.82) is 0 Å². The zero-order chi connectivity index (χ0) is 15.1. The zero-order valence-corrected chi connectivity index (χ0v) is 12.9. The minimum absolute atomic E-state index is 0.0117. The third kappa shape index (κ3) is 5.39. The van der Waals surface area contributed by atoms with Gasteiger partial charge in [-0.3, -0.25) is 4.79 Å². The van der Waals surface area contributed by atoms with Gasteiger partial charge in [0.25, 0.3) is 0 Å². The number of amides is 2. The number of nitrogens with zero attached hydrogens (tertiary/aromatic N) is 1. The molecule has 1 saturated carbocycles. The average Bonchev–Trinajstić information content (AvgIpc) is 2.38. The molecule has 2 N–H and O–H groups in total. The zero-order valence-electron chi connectivity index (χ0n) is 12.9. The van der Waals surface area contributed by atoms with Crippen molar-refractivity contribution in [2.45, 2.75) is 58.9 Å². The number of hydrogen-bond acceptors (Lipinski definition) is 2. The lowest BCUT2D eigenvalue weighted by molar-refractivity contribution is -0.138. The number of aliphatic carboxylic acids is 1. The van der Waals surface area contributed by atoms with Gasteiger partial charge in [-0.2, -0.15) is 0 Å². The quantitative estimate of drug-likeness (QED) is 0.788. The fraction of sp³-hybridized carbons (Fsp3) is 0.867. The van der Waals surface area contributed by atoms with Crippen molar-refractivity contribution in [3.63, 3.8) is 0 Å². The number of urea groups is 1. The predicted molar refractivity (Wildman–Crippen MR) is 78.6 cm³/mol. The molecule has 1 fully saturated rings. The average molecular weight is 284 g/mol. The van der Waals surface area contributed by atoms with Crippen LogP contribution >= 0.6 is 0 Å². The van der Waals surface area contributed by atoms with Crippen LogP contribution in [0.5, 0.6) is 0 Å².